The number of nitrogens with zero attached hydrogens (tertiary/aromatic N) is 3. The van der Waals surface area contributed by atoms with Crippen LogP contribution in [0.3, 0.4) is 0 Å². The number of hydrogen-bond donors (Lipinski definition) is 2. The third-order valence-corrected chi connectivity index (χ3v) is 8.78. The van der Waals surface area contributed by atoms with Crippen LogP contribution in [0, 0.1) is 0 Å². The lowest BCUT2D eigenvalue weighted by atomic mass is 10.0. The van der Waals surface area contributed by atoms with Crippen LogP contribution in [-0.4, -0.2) is 84.6 Å². The van der Waals surface area contributed by atoms with Gasteiger partial charge < -0.3 is 29.2 Å². The number of amides is 2. The summed E-state index contributed by atoms with van der Waals surface area (Å²) >= 11 is 0. The normalized spacial score (nSPS) is 17.6. The molecule has 12 nitrogen and oxygen atoms in total. The van der Waals surface area contributed by atoms with Gasteiger partial charge in [0.05, 0.1) is 31.4 Å². The van der Waals surface area contributed by atoms with E-state index in [0.29, 0.717) is 31.9 Å². The van der Waals surface area contributed by atoms with E-state index >= 15 is 0 Å². The third-order valence-electron chi connectivity index (χ3n) is 6.36. The predicted octanol–water partition coefficient (Wildman–Crippen LogP) is 0.767. The molecule has 1 fully saturated rings. The van der Waals surface area contributed by atoms with Crippen LogP contribution in [0.15, 0.2) is 34.7 Å². The first-order chi connectivity index (χ1) is 17.6. The molecule has 0 spiro atoms. The van der Waals surface area contributed by atoms with Crippen molar-refractivity contribution in [3.8, 4) is 0 Å². The molecule has 3 rings (SSSR count). The van der Waals surface area contributed by atoms with Crippen molar-refractivity contribution < 1.29 is 37.0 Å². The van der Waals surface area contributed by atoms with Crippen molar-refractivity contribution in [2.24, 2.45) is 0 Å². The van der Waals surface area contributed by atoms with Gasteiger partial charge >= 0.3 is 0 Å². The van der Waals surface area contributed by atoms with Crippen LogP contribution in [0.25, 0.3) is 0 Å². The fraction of sp³-hybridized carbons (Fsp3) is 0.583. The number of carbonyl (C=O) groups excluding carboxylic acids is 2. The third kappa shape index (κ3) is 6.92. The number of ether oxygens (including phenoxy) is 2. The second kappa shape index (κ2) is 12.6. The highest BCUT2D eigenvalue weighted by Gasteiger charge is 2.49. The maximum atomic E-state index is 13.7. The Kier molecular flexibility index (Phi) is 9.76. The van der Waals surface area contributed by atoms with Crippen LogP contribution in [0.5, 0.6) is 0 Å². The van der Waals surface area contributed by atoms with E-state index in [1.165, 1.54) is 18.9 Å². The van der Waals surface area contributed by atoms with E-state index < -0.39 is 50.7 Å². The number of benzene rings is 1. The van der Waals surface area contributed by atoms with E-state index in [2.05, 4.69) is 15.5 Å². The van der Waals surface area contributed by atoms with E-state index in [1.807, 2.05) is 0 Å². The zero-order valence-electron chi connectivity index (χ0n) is 21.3. The van der Waals surface area contributed by atoms with Crippen molar-refractivity contribution in [3.63, 3.8) is 0 Å². The summed E-state index contributed by atoms with van der Waals surface area (Å²) in [6, 6.07) is 7.50. The van der Waals surface area contributed by atoms with Crippen molar-refractivity contribution in [3.05, 3.63) is 47.7 Å². The van der Waals surface area contributed by atoms with Gasteiger partial charge in [0.25, 0.3) is 0 Å². The highest BCUT2D eigenvalue weighted by Crippen LogP contribution is 2.29. The number of rotatable bonds is 12. The van der Waals surface area contributed by atoms with Gasteiger partial charge in [0.1, 0.15) is 6.61 Å². The Morgan fingerprint density at radius 2 is 1.89 bits per heavy atom. The monoisotopic (exact) mass is 538 g/mol. The molecular formula is C24H34N4O8S. The average molecular weight is 539 g/mol. The van der Waals surface area contributed by atoms with Gasteiger partial charge in [0.2, 0.25) is 23.6 Å². The van der Waals surface area contributed by atoms with Crippen molar-refractivity contribution >= 4 is 21.7 Å². The van der Waals surface area contributed by atoms with Crippen molar-refractivity contribution in [1.29, 1.82) is 0 Å². The Morgan fingerprint density at radius 3 is 2.51 bits per heavy atom. The molecule has 2 aromatic rings. The smallest absolute Gasteiger partial charge is 0.247 e. The minimum Gasteiger partial charge on any atom is -0.420 e. The number of aliphatic hydroxyl groups excluding tert-OH is 1. The molecule has 0 aliphatic carbocycles. The summed E-state index contributed by atoms with van der Waals surface area (Å²) in [6.45, 7) is 4.30. The Balaban J connectivity index is 1.87. The first-order valence-electron chi connectivity index (χ1n) is 12.0. The van der Waals surface area contributed by atoms with Gasteiger partial charge in [-0.05, 0) is 18.9 Å². The summed E-state index contributed by atoms with van der Waals surface area (Å²) in [5, 5.41) is 21.0. The van der Waals surface area contributed by atoms with Crippen molar-refractivity contribution in [2.75, 3.05) is 33.4 Å². The molecule has 2 amide bonds. The van der Waals surface area contributed by atoms with Gasteiger partial charge in [0, 0.05) is 20.2 Å². The molecule has 2 heterocycles. The lowest BCUT2D eigenvalue weighted by Crippen LogP contribution is -2.57. The van der Waals surface area contributed by atoms with Crippen molar-refractivity contribution in [1.82, 2.24) is 20.4 Å². The summed E-state index contributed by atoms with van der Waals surface area (Å²) in [4.78, 5) is 28.3. The molecule has 0 saturated carbocycles. The lowest BCUT2D eigenvalue weighted by Gasteiger charge is -2.34. The summed E-state index contributed by atoms with van der Waals surface area (Å²) in [5.74, 6) is -1.79. The van der Waals surface area contributed by atoms with Gasteiger partial charge in [-0.3, -0.25) is 9.59 Å². The summed E-state index contributed by atoms with van der Waals surface area (Å²) in [5.41, 5.74) is 0.490. The summed E-state index contributed by atoms with van der Waals surface area (Å²) in [6.07, 6.45) is -1.73. The Morgan fingerprint density at radius 1 is 1.22 bits per heavy atom. The number of carbonyl (C=O) groups is 2. The van der Waals surface area contributed by atoms with Crippen LogP contribution in [-0.2, 0) is 41.3 Å². The van der Waals surface area contributed by atoms with Crippen LogP contribution in [0.2, 0.25) is 0 Å². The van der Waals surface area contributed by atoms with E-state index in [9.17, 15) is 23.1 Å². The fourth-order valence-electron chi connectivity index (χ4n) is 3.96. The number of aromatic nitrogens is 2. The predicted molar refractivity (Wildman–Crippen MR) is 132 cm³/mol. The molecule has 3 unspecified atom stereocenters. The number of nitrogens with one attached hydrogen (secondary N) is 1. The molecule has 0 radical (unpaired) electrons. The maximum absolute atomic E-state index is 13.7. The SMILES string of the molecule is CCC(NC(=O)C(C)(CC(=O)N1CCOCC1)S(=O)(=O)Cc1ccccc1)C(O)c1nnc(COC)o1. The zero-order chi connectivity index (χ0) is 27.1. The average Bonchev–Trinajstić information content (AvgIpc) is 3.36. The molecule has 1 aromatic carbocycles. The van der Waals surface area contributed by atoms with Crippen LogP contribution < -0.4 is 5.32 Å². The van der Waals surface area contributed by atoms with Crippen LogP contribution in [0.4, 0.5) is 0 Å². The minimum absolute atomic E-state index is 0.0440. The second-order valence-corrected chi connectivity index (χ2v) is 11.5. The van der Waals surface area contributed by atoms with Gasteiger partial charge in [-0.15, -0.1) is 10.2 Å². The molecule has 3 atom stereocenters. The molecule has 37 heavy (non-hydrogen) atoms. The minimum atomic E-state index is -4.20. The largest absolute Gasteiger partial charge is 0.420 e. The van der Waals surface area contributed by atoms with Gasteiger partial charge in [-0.1, -0.05) is 37.3 Å². The van der Waals surface area contributed by atoms with E-state index in [4.69, 9.17) is 13.9 Å². The Hall–Kier alpha value is -2.87. The van der Waals surface area contributed by atoms with E-state index in [-0.39, 0.29) is 24.8 Å². The van der Waals surface area contributed by atoms with Gasteiger partial charge in [0.15, 0.2) is 20.7 Å². The van der Waals surface area contributed by atoms with E-state index in [1.54, 1.807) is 37.3 Å². The number of aliphatic hydroxyl groups is 1. The fourth-order valence-corrected chi connectivity index (χ4v) is 5.60. The lowest BCUT2D eigenvalue weighted by molar-refractivity contribution is -0.138. The molecule has 1 aromatic heterocycles. The summed E-state index contributed by atoms with van der Waals surface area (Å²) < 4.78 is 40.9. The summed E-state index contributed by atoms with van der Waals surface area (Å²) in [7, 11) is -2.75. The Bertz CT molecular complexity index is 1150. The van der Waals surface area contributed by atoms with Crippen LogP contribution >= 0.6 is 0 Å². The molecule has 0 bridgehead atoms. The number of morpholine rings is 1. The molecule has 2 N–H and O–H groups in total. The standard InChI is InChI=1S/C24H34N4O8S/c1-4-18(21(30)22-27-26-19(36-22)15-34-3)25-23(31)24(2,14-20(29)28-10-12-35-13-11-28)37(32,33)16-17-8-6-5-7-9-17/h5-9,18,21,30H,4,10-16H2,1-3H3,(H,25,31). The highest BCUT2D eigenvalue weighted by molar-refractivity contribution is 7.92. The molecular weight excluding hydrogens is 504 g/mol. The second-order valence-electron chi connectivity index (χ2n) is 9.05. The zero-order valence-corrected chi connectivity index (χ0v) is 22.1. The Labute approximate surface area is 216 Å². The molecule has 1 saturated heterocycles. The maximum Gasteiger partial charge on any atom is 0.247 e. The first-order valence-corrected chi connectivity index (χ1v) is 13.7. The van der Waals surface area contributed by atoms with E-state index in [0.717, 1.165) is 0 Å². The number of hydrogen-bond acceptors (Lipinski definition) is 10. The first kappa shape index (κ1) is 28.7. The quantitative estimate of drug-likeness (QED) is 0.395. The van der Waals surface area contributed by atoms with Crippen LogP contribution in [0.1, 0.15) is 50.1 Å². The molecule has 1 aliphatic heterocycles. The topological polar surface area (TPSA) is 161 Å². The number of methoxy groups -OCH3 is 1. The molecule has 204 valence electrons. The van der Waals surface area contributed by atoms with Gasteiger partial charge in [-0.2, -0.15) is 0 Å². The number of sulfone groups is 1. The van der Waals surface area contributed by atoms with Crippen molar-refractivity contribution in [2.45, 2.75) is 55.9 Å². The molecule has 1 aliphatic rings. The highest BCUT2D eigenvalue weighted by atomic mass is 32.2. The molecule has 13 heteroatoms. The van der Waals surface area contributed by atoms with Gasteiger partial charge in [-0.25, -0.2) is 8.42 Å².